The van der Waals surface area contributed by atoms with Gasteiger partial charge in [0.05, 0.1) is 6.33 Å². The van der Waals surface area contributed by atoms with Crippen molar-refractivity contribution in [1.29, 1.82) is 0 Å². The monoisotopic (exact) mass is 298 g/mol. The molecule has 3 heterocycles. The number of rotatable bonds is 2. The molecular formula is C10H14N6O5. The molecule has 11 heteroatoms. The number of hydrogen-bond acceptors (Lipinski definition) is 9. The van der Waals surface area contributed by atoms with E-state index in [4.69, 9.17) is 16.2 Å². The van der Waals surface area contributed by atoms with Gasteiger partial charge >= 0.3 is 0 Å². The quantitative estimate of drug-likeness (QED) is 0.307. The van der Waals surface area contributed by atoms with E-state index in [1.54, 1.807) is 0 Å². The van der Waals surface area contributed by atoms with Crippen LogP contribution in [-0.2, 0) is 4.74 Å². The number of nitrogens with zero attached hydrogens (tertiary/aromatic N) is 3. The number of aromatic nitrogens is 4. The summed E-state index contributed by atoms with van der Waals surface area (Å²) in [7, 11) is 0. The Morgan fingerprint density at radius 3 is 2.76 bits per heavy atom. The van der Waals surface area contributed by atoms with Crippen LogP contribution >= 0.6 is 0 Å². The van der Waals surface area contributed by atoms with Gasteiger partial charge in [-0.05, 0) is 0 Å². The maximum atomic E-state index is 11.7. The van der Waals surface area contributed by atoms with Crippen molar-refractivity contribution in [2.75, 3.05) is 5.73 Å². The van der Waals surface area contributed by atoms with Gasteiger partial charge in [-0.25, -0.2) is 4.98 Å². The largest absolute Gasteiger partial charge is 0.387 e. The summed E-state index contributed by atoms with van der Waals surface area (Å²) in [4.78, 5) is 21.8. The normalized spacial score (nSPS) is 30.9. The van der Waals surface area contributed by atoms with Crippen LogP contribution in [0, 0.1) is 0 Å². The van der Waals surface area contributed by atoms with Crippen molar-refractivity contribution >= 4 is 17.1 Å². The first-order valence-electron chi connectivity index (χ1n) is 6.07. The van der Waals surface area contributed by atoms with Crippen LogP contribution in [0.25, 0.3) is 11.2 Å². The van der Waals surface area contributed by atoms with Gasteiger partial charge in [-0.15, -0.1) is 0 Å². The number of aromatic amines is 1. The highest BCUT2D eigenvalue weighted by Crippen LogP contribution is 2.31. The Morgan fingerprint density at radius 1 is 1.43 bits per heavy atom. The van der Waals surface area contributed by atoms with Crippen LogP contribution < -0.4 is 17.0 Å². The number of anilines is 1. The number of nitrogens with one attached hydrogen (secondary N) is 1. The Kier molecular flexibility index (Phi) is 3.15. The molecule has 8 N–H and O–H groups in total. The van der Waals surface area contributed by atoms with Gasteiger partial charge in [0, 0.05) is 0 Å². The fourth-order valence-electron chi connectivity index (χ4n) is 2.33. The van der Waals surface area contributed by atoms with E-state index in [0.717, 1.165) is 0 Å². The fraction of sp³-hybridized carbons (Fsp3) is 0.500. The van der Waals surface area contributed by atoms with E-state index in [-0.39, 0.29) is 17.1 Å². The summed E-state index contributed by atoms with van der Waals surface area (Å²) in [5.41, 5.74) is 10.3. The number of ether oxygens (including phenoxy) is 1. The lowest BCUT2D eigenvalue weighted by Crippen LogP contribution is -2.43. The number of fused-ring (bicyclic) bond motifs is 1. The van der Waals surface area contributed by atoms with Crippen molar-refractivity contribution in [3.05, 3.63) is 16.7 Å². The molecule has 0 radical (unpaired) electrons. The van der Waals surface area contributed by atoms with Crippen molar-refractivity contribution in [1.82, 2.24) is 19.5 Å². The fourth-order valence-corrected chi connectivity index (χ4v) is 2.33. The van der Waals surface area contributed by atoms with Crippen LogP contribution in [0.4, 0.5) is 5.95 Å². The number of H-pyrrole nitrogens is 1. The third-order valence-electron chi connectivity index (χ3n) is 3.34. The molecule has 0 bridgehead atoms. The van der Waals surface area contributed by atoms with Gasteiger partial charge in [0.15, 0.2) is 17.4 Å². The molecule has 0 amide bonds. The minimum Gasteiger partial charge on any atom is -0.387 e. The summed E-state index contributed by atoms with van der Waals surface area (Å²) in [6.07, 6.45) is -5.32. The van der Waals surface area contributed by atoms with Crippen LogP contribution in [0.3, 0.4) is 0 Å². The van der Waals surface area contributed by atoms with E-state index in [1.165, 1.54) is 10.9 Å². The minimum atomic E-state index is -1.48. The lowest BCUT2D eigenvalue weighted by Gasteiger charge is -2.17. The van der Waals surface area contributed by atoms with E-state index in [1.807, 2.05) is 0 Å². The predicted octanol–water partition coefficient (Wildman–Crippen LogP) is -3.40. The first-order chi connectivity index (χ1) is 9.90. The first-order valence-corrected chi connectivity index (χ1v) is 6.07. The van der Waals surface area contributed by atoms with Gasteiger partial charge in [0.1, 0.15) is 24.5 Å². The smallest absolute Gasteiger partial charge is 0.280 e. The molecule has 1 unspecified atom stereocenters. The average Bonchev–Trinajstić information content (AvgIpc) is 2.93. The Morgan fingerprint density at radius 2 is 2.14 bits per heavy atom. The summed E-state index contributed by atoms with van der Waals surface area (Å²) < 4.78 is 6.58. The van der Waals surface area contributed by atoms with Crippen LogP contribution in [0.2, 0.25) is 0 Å². The highest BCUT2D eigenvalue weighted by molar-refractivity contribution is 5.70. The zero-order chi connectivity index (χ0) is 15.3. The van der Waals surface area contributed by atoms with Gasteiger partial charge in [-0.2, -0.15) is 4.98 Å². The van der Waals surface area contributed by atoms with Crippen LogP contribution in [0.1, 0.15) is 6.23 Å². The maximum absolute atomic E-state index is 11.7. The van der Waals surface area contributed by atoms with Crippen molar-refractivity contribution in [3.63, 3.8) is 0 Å². The highest BCUT2D eigenvalue weighted by Gasteiger charge is 2.46. The molecule has 1 aliphatic heterocycles. The number of aliphatic hydroxyl groups excluding tert-OH is 3. The Hall–Kier alpha value is -2.05. The second kappa shape index (κ2) is 4.75. The van der Waals surface area contributed by atoms with E-state index in [2.05, 4.69) is 15.0 Å². The summed E-state index contributed by atoms with van der Waals surface area (Å²) in [6.45, 7) is 0. The summed E-state index contributed by atoms with van der Waals surface area (Å²) in [6, 6.07) is 0. The SMILES string of the molecule is Nc1nc2c(ncn2[C@@H]2O[C@H](C(N)O)[C@@H](O)[C@H]2O)c(=O)[nH]1. The van der Waals surface area contributed by atoms with Gasteiger partial charge in [-0.3, -0.25) is 14.3 Å². The van der Waals surface area contributed by atoms with Crippen molar-refractivity contribution in [2.45, 2.75) is 30.8 Å². The van der Waals surface area contributed by atoms with Gasteiger partial charge in [0.2, 0.25) is 5.95 Å². The topological polar surface area (TPSA) is 186 Å². The molecule has 1 saturated heterocycles. The van der Waals surface area contributed by atoms with Crippen LogP contribution in [-0.4, -0.2) is 59.4 Å². The molecule has 2 aromatic heterocycles. The Balaban J connectivity index is 2.07. The second-order valence-corrected chi connectivity index (χ2v) is 4.74. The van der Waals surface area contributed by atoms with Crippen LogP contribution in [0.15, 0.2) is 11.1 Å². The zero-order valence-corrected chi connectivity index (χ0v) is 10.6. The number of hydrogen-bond donors (Lipinski definition) is 6. The average molecular weight is 298 g/mol. The minimum absolute atomic E-state index is 0.00577. The molecule has 0 saturated carbocycles. The predicted molar refractivity (Wildman–Crippen MR) is 68.7 cm³/mol. The summed E-state index contributed by atoms with van der Waals surface area (Å²) >= 11 is 0. The lowest BCUT2D eigenvalue weighted by molar-refractivity contribution is -0.0813. The molecule has 0 aliphatic carbocycles. The number of nitrogen functional groups attached to an aromatic ring is 1. The number of imidazole rings is 1. The number of aliphatic hydroxyl groups is 3. The highest BCUT2D eigenvalue weighted by atomic mass is 16.6. The zero-order valence-electron chi connectivity index (χ0n) is 10.6. The second-order valence-electron chi connectivity index (χ2n) is 4.74. The van der Waals surface area contributed by atoms with E-state index in [9.17, 15) is 20.1 Å². The van der Waals surface area contributed by atoms with Gasteiger partial charge < -0.3 is 31.5 Å². The van der Waals surface area contributed by atoms with Crippen molar-refractivity contribution in [3.8, 4) is 0 Å². The Bertz CT molecular complexity index is 726. The molecule has 3 rings (SSSR count). The van der Waals surface area contributed by atoms with Gasteiger partial charge in [0.25, 0.3) is 5.56 Å². The summed E-state index contributed by atoms with van der Waals surface area (Å²) in [5.74, 6) is -0.127. The third-order valence-corrected chi connectivity index (χ3v) is 3.34. The first kappa shape index (κ1) is 13.9. The molecular weight excluding hydrogens is 284 g/mol. The van der Waals surface area contributed by atoms with Gasteiger partial charge in [-0.1, -0.05) is 0 Å². The molecule has 5 atom stereocenters. The summed E-state index contributed by atoms with van der Waals surface area (Å²) in [5, 5.41) is 29.2. The Labute approximate surface area is 116 Å². The standard InChI is InChI=1S/C10H14N6O5/c11-6(19)5-3(17)4(18)9(21-5)16-1-13-2-7(16)14-10(12)15-8(2)20/h1,3-6,9,17-19H,11H2,(H3,12,14,15,20)/t3-,4+,5-,6?,9+/m0/s1. The molecule has 1 fully saturated rings. The van der Waals surface area contributed by atoms with E-state index in [0.29, 0.717) is 0 Å². The van der Waals surface area contributed by atoms with E-state index >= 15 is 0 Å². The maximum Gasteiger partial charge on any atom is 0.280 e. The van der Waals surface area contributed by atoms with Crippen LogP contribution in [0.5, 0.6) is 0 Å². The molecule has 21 heavy (non-hydrogen) atoms. The molecule has 2 aromatic rings. The van der Waals surface area contributed by atoms with Crippen molar-refractivity contribution < 1.29 is 20.1 Å². The molecule has 0 spiro atoms. The van der Waals surface area contributed by atoms with E-state index < -0.39 is 36.3 Å². The molecule has 0 aromatic carbocycles. The lowest BCUT2D eigenvalue weighted by atomic mass is 10.1. The molecule has 11 nitrogen and oxygen atoms in total. The van der Waals surface area contributed by atoms with Crippen molar-refractivity contribution in [2.24, 2.45) is 5.73 Å². The number of nitrogens with two attached hydrogens (primary N) is 2. The molecule has 1 aliphatic rings. The molecule has 114 valence electrons. The third kappa shape index (κ3) is 2.07.